The quantitative estimate of drug-likeness (QED) is 0.121. The third-order valence-corrected chi connectivity index (χ3v) is 5.24. The molecular formula is C31H51N2O4+. The summed E-state index contributed by atoms with van der Waals surface area (Å²) in [6.07, 6.45) is 7.05. The summed E-state index contributed by atoms with van der Waals surface area (Å²) in [6, 6.07) is 7.86. The van der Waals surface area contributed by atoms with Crippen LogP contribution in [-0.2, 0) is 19.0 Å². The van der Waals surface area contributed by atoms with Crippen LogP contribution < -0.4 is 5.32 Å². The van der Waals surface area contributed by atoms with Crippen molar-refractivity contribution in [3.8, 4) is 0 Å². The number of hydrogen-bond donors (Lipinski definition) is 1. The molecule has 6 heteroatoms. The molecule has 1 N–H and O–H groups in total. The van der Waals surface area contributed by atoms with Gasteiger partial charge in [0, 0.05) is 26.3 Å². The van der Waals surface area contributed by atoms with E-state index in [-0.39, 0.29) is 12.9 Å². The average molecular weight is 516 g/mol. The van der Waals surface area contributed by atoms with Crippen molar-refractivity contribution in [3.05, 3.63) is 82.3 Å². The summed E-state index contributed by atoms with van der Waals surface area (Å²) in [6.45, 7) is 21.6. The molecule has 6 nitrogen and oxygen atoms in total. The van der Waals surface area contributed by atoms with Crippen LogP contribution in [0.4, 0.5) is 0 Å². The molecule has 0 saturated heterocycles. The zero-order valence-electron chi connectivity index (χ0n) is 25.1. The van der Waals surface area contributed by atoms with Crippen LogP contribution in [0.5, 0.6) is 0 Å². The predicted molar refractivity (Wildman–Crippen MR) is 157 cm³/mol. The average Bonchev–Trinajstić information content (AvgIpc) is 2.91. The molecule has 0 saturated carbocycles. The number of allylic oxidation sites excluding steroid dienone is 5. The summed E-state index contributed by atoms with van der Waals surface area (Å²) in [4.78, 5) is 10.1. The highest BCUT2D eigenvalue weighted by Gasteiger charge is 2.16. The first kappa shape index (κ1) is 36.0. The molecule has 1 aliphatic rings. The Morgan fingerprint density at radius 1 is 1.16 bits per heavy atom. The van der Waals surface area contributed by atoms with Gasteiger partial charge in [0.25, 0.3) is 6.47 Å². The lowest BCUT2D eigenvalue weighted by Crippen LogP contribution is -2.23. The van der Waals surface area contributed by atoms with Crippen molar-refractivity contribution in [2.45, 2.75) is 67.9 Å². The SMILES string of the molecule is C=C(C)/C(=C\C=C(/C)C1=C(NC)CC[N+](C)=C1)OCOC.CC.CC.Cc1ccccc1C(C)OC=O. The van der Waals surface area contributed by atoms with E-state index in [0.29, 0.717) is 6.47 Å². The van der Waals surface area contributed by atoms with E-state index in [0.717, 1.165) is 35.4 Å². The highest BCUT2D eigenvalue weighted by Crippen LogP contribution is 2.19. The van der Waals surface area contributed by atoms with Gasteiger partial charge in [0.1, 0.15) is 25.5 Å². The first-order valence-electron chi connectivity index (χ1n) is 13.0. The molecule has 37 heavy (non-hydrogen) atoms. The van der Waals surface area contributed by atoms with Crippen molar-refractivity contribution in [2.24, 2.45) is 0 Å². The minimum atomic E-state index is -0.149. The van der Waals surface area contributed by atoms with Gasteiger partial charge in [0.05, 0.1) is 5.57 Å². The maximum Gasteiger partial charge on any atom is 0.293 e. The number of rotatable bonds is 10. The monoisotopic (exact) mass is 515 g/mol. The fraction of sp³-hybridized carbons (Fsp3) is 0.484. The van der Waals surface area contributed by atoms with Gasteiger partial charge in [-0.05, 0) is 56.0 Å². The highest BCUT2D eigenvalue weighted by atomic mass is 16.7. The van der Waals surface area contributed by atoms with E-state index in [1.807, 2.05) is 85.9 Å². The van der Waals surface area contributed by atoms with Crippen molar-refractivity contribution in [1.29, 1.82) is 0 Å². The lowest BCUT2D eigenvalue weighted by Gasteiger charge is -2.15. The fourth-order valence-corrected chi connectivity index (χ4v) is 3.31. The molecular weight excluding hydrogens is 464 g/mol. The van der Waals surface area contributed by atoms with E-state index >= 15 is 0 Å². The van der Waals surface area contributed by atoms with E-state index in [2.05, 4.69) is 42.7 Å². The van der Waals surface area contributed by atoms with Crippen molar-refractivity contribution in [3.63, 3.8) is 0 Å². The van der Waals surface area contributed by atoms with Crippen LogP contribution in [0.3, 0.4) is 0 Å². The van der Waals surface area contributed by atoms with Crippen LogP contribution in [-0.4, -0.2) is 51.8 Å². The van der Waals surface area contributed by atoms with Gasteiger partial charge < -0.3 is 19.5 Å². The van der Waals surface area contributed by atoms with Crippen molar-refractivity contribution >= 4 is 12.7 Å². The van der Waals surface area contributed by atoms with Crippen LogP contribution >= 0.6 is 0 Å². The van der Waals surface area contributed by atoms with E-state index in [4.69, 9.17) is 14.2 Å². The third kappa shape index (κ3) is 14.3. The number of nitrogens with one attached hydrogen (secondary N) is 1. The van der Waals surface area contributed by atoms with E-state index < -0.39 is 0 Å². The maximum atomic E-state index is 10.1. The first-order chi connectivity index (χ1) is 17.7. The molecule has 208 valence electrons. The van der Waals surface area contributed by atoms with Gasteiger partial charge >= 0.3 is 0 Å². The zero-order valence-corrected chi connectivity index (χ0v) is 25.1. The number of ether oxygens (including phenoxy) is 3. The molecule has 0 radical (unpaired) electrons. The number of methoxy groups -OCH3 is 1. The number of hydrogen-bond acceptors (Lipinski definition) is 5. The van der Waals surface area contributed by atoms with Crippen molar-refractivity contribution < 1.29 is 23.6 Å². The molecule has 1 aromatic rings. The Balaban J connectivity index is 0. The number of nitrogens with zero attached hydrogens (tertiary/aromatic N) is 1. The van der Waals surface area contributed by atoms with E-state index in [1.54, 1.807) is 7.11 Å². The summed E-state index contributed by atoms with van der Waals surface area (Å²) in [7, 11) is 5.67. The summed E-state index contributed by atoms with van der Waals surface area (Å²) < 4.78 is 17.5. The van der Waals surface area contributed by atoms with Crippen LogP contribution in [0.1, 0.15) is 72.1 Å². The van der Waals surface area contributed by atoms with Gasteiger partial charge in [0.2, 0.25) is 0 Å². The number of carbonyl (C=O) groups is 1. The normalized spacial score (nSPS) is 13.8. The largest absolute Gasteiger partial charge is 0.467 e. The molecule has 0 spiro atoms. The van der Waals surface area contributed by atoms with E-state index in [1.165, 1.54) is 16.8 Å². The molecule has 0 bridgehead atoms. The molecule has 0 aromatic heterocycles. The van der Waals surface area contributed by atoms with Gasteiger partial charge in [-0.2, -0.15) is 0 Å². The predicted octanol–water partition coefficient (Wildman–Crippen LogP) is 6.88. The topological polar surface area (TPSA) is 59.8 Å². The zero-order chi connectivity index (χ0) is 28.8. The molecule has 0 aliphatic carbocycles. The standard InChI is InChI=1S/C17H26N2O2.C10H12O2.2C2H6/c1-13(2)17(21-12-20-6)8-7-14(3)15-11-19(5)10-9-16(15)18-4;1-8-5-3-4-6-10(8)9(2)12-7-11;2*1-2/h7-8,11H,1,9-10,12H2,2-6H3;3-7,9H,1-2H3;2*1-2H3/p+1/b14-7+,17-8+;;;. The van der Waals surface area contributed by atoms with Crippen molar-refractivity contribution in [2.75, 3.05) is 34.5 Å². The Hall–Kier alpha value is -3.12. The third-order valence-electron chi connectivity index (χ3n) is 5.24. The van der Waals surface area contributed by atoms with Gasteiger partial charge in [-0.15, -0.1) is 0 Å². The van der Waals surface area contributed by atoms with Crippen LogP contribution in [0.25, 0.3) is 0 Å². The second-order valence-corrected chi connectivity index (χ2v) is 7.94. The Morgan fingerprint density at radius 2 is 1.78 bits per heavy atom. The lowest BCUT2D eigenvalue weighted by atomic mass is 10.0. The van der Waals surface area contributed by atoms with Gasteiger partial charge in [-0.1, -0.05) is 64.6 Å². The van der Waals surface area contributed by atoms with Gasteiger partial charge in [-0.25, -0.2) is 4.58 Å². The highest BCUT2D eigenvalue weighted by molar-refractivity contribution is 5.82. The minimum absolute atomic E-state index is 0.149. The Kier molecular flexibility index (Phi) is 21.5. The second-order valence-electron chi connectivity index (χ2n) is 7.94. The number of benzene rings is 1. The molecule has 0 amide bonds. The molecule has 1 heterocycles. The molecule has 2 rings (SSSR count). The van der Waals surface area contributed by atoms with Gasteiger partial charge in [-0.3, -0.25) is 4.79 Å². The van der Waals surface area contributed by atoms with Crippen LogP contribution in [0.2, 0.25) is 0 Å². The number of aryl methyl sites for hydroxylation is 1. The fourth-order valence-electron chi connectivity index (χ4n) is 3.31. The summed E-state index contributed by atoms with van der Waals surface area (Å²) >= 11 is 0. The van der Waals surface area contributed by atoms with Gasteiger partial charge in [0.15, 0.2) is 13.0 Å². The van der Waals surface area contributed by atoms with Crippen LogP contribution in [0, 0.1) is 6.92 Å². The first-order valence-corrected chi connectivity index (χ1v) is 13.0. The Labute approximate surface area is 226 Å². The summed E-state index contributed by atoms with van der Waals surface area (Å²) in [5, 5.41) is 3.29. The molecule has 1 unspecified atom stereocenters. The molecule has 0 fully saturated rings. The molecule has 1 aromatic carbocycles. The maximum absolute atomic E-state index is 10.1. The second kappa shape index (κ2) is 22.1. The lowest BCUT2D eigenvalue weighted by molar-refractivity contribution is -0.493. The smallest absolute Gasteiger partial charge is 0.293 e. The van der Waals surface area contributed by atoms with E-state index in [9.17, 15) is 4.79 Å². The van der Waals surface area contributed by atoms with Crippen molar-refractivity contribution in [1.82, 2.24) is 5.32 Å². The minimum Gasteiger partial charge on any atom is -0.467 e. The van der Waals surface area contributed by atoms with Crippen LogP contribution in [0.15, 0.2) is 71.2 Å². The number of carbonyl (C=O) groups excluding carboxylic acids is 1. The Morgan fingerprint density at radius 3 is 2.30 bits per heavy atom. The molecule has 1 aliphatic heterocycles. The Bertz CT molecular complexity index is 927. The molecule has 1 atom stereocenters. The summed E-state index contributed by atoms with van der Waals surface area (Å²) in [5.41, 5.74) is 6.77. The summed E-state index contributed by atoms with van der Waals surface area (Å²) in [5.74, 6) is 0.743.